The van der Waals surface area contributed by atoms with Crippen LogP contribution in [0, 0.1) is 17.8 Å². The van der Waals surface area contributed by atoms with E-state index in [1.807, 2.05) is 6.92 Å². The zero-order valence-corrected chi connectivity index (χ0v) is 11.3. The lowest BCUT2D eigenvalue weighted by atomic mass is 9.65. The highest BCUT2D eigenvalue weighted by Crippen LogP contribution is 2.65. The van der Waals surface area contributed by atoms with Gasteiger partial charge in [-0.3, -0.25) is 0 Å². The summed E-state index contributed by atoms with van der Waals surface area (Å²) in [6, 6.07) is 0. The summed E-state index contributed by atoms with van der Waals surface area (Å²) in [4.78, 5) is 0. The molecule has 0 saturated heterocycles. The first kappa shape index (κ1) is 11.0. The van der Waals surface area contributed by atoms with Gasteiger partial charge in [0.2, 0.25) is 0 Å². The molecule has 0 aromatic rings. The molecule has 2 fully saturated rings. The second-order valence-electron chi connectivity index (χ2n) is 5.96. The zero-order valence-electron chi connectivity index (χ0n) is 9.75. The van der Waals surface area contributed by atoms with E-state index in [1.165, 1.54) is 6.42 Å². The van der Waals surface area contributed by atoms with Crippen molar-refractivity contribution >= 4 is 15.9 Å². The number of rotatable bonds is 2. The molecule has 2 saturated carbocycles. The highest BCUT2D eigenvalue weighted by molar-refractivity contribution is 9.10. The average Bonchev–Trinajstić information content (AvgIpc) is 2.65. The Bertz CT molecular complexity index is 375. The SMILES string of the molecule is C=C(C)C[C@]1(O)[C@@H]2CC[C@@]1(Br)[C@@H]1C=C[C@H]2C1. The summed E-state index contributed by atoms with van der Waals surface area (Å²) in [6.45, 7) is 6.02. The molecule has 3 aliphatic rings. The molecule has 0 amide bonds. The van der Waals surface area contributed by atoms with Gasteiger partial charge in [0.1, 0.15) is 0 Å². The van der Waals surface area contributed by atoms with Crippen LogP contribution in [0.2, 0.25) is 0 Å². The van der Waals surface area contributed by atoms with Gasteiger partial charge >= 0.3 is 0 Å². The van der Waals surface area contributed by atoms with E-state index in [2.05, 4.69) is 34.7 Å². The minimum absolute atomic E-state index is 0.0902. The lowest BCUT2D eigenvalue weighted by Gasteiger charge is -2.49. The summed E-state index contributed by atoms with van der Waals surface area (Å²) >= 11 is 3.90. The quantitative estimate of drug-likeness (QED) is 0.608. The van der Waals surface area contributed by atoms with Crippen molar-refractivity contribution in [2.75, 3.05) is 0 Å². The Kier molecular flexibility index (Phi) is 2.23. The fraction of sp³-hybridized carbons (Fsp3) is 0.714. The van der Waals surface area contributed by atoms with Crippen LogP contribution in [0.25, 0.3) is 0 Å². The molecular formula is C14H19BrO. The number of allylic oxidation sites excluding steroid dienone is 2. The standard InChI is InChI=1S/C14H19BrO/c1-9(2)8-14(16)12-5-6-13(14,15)11-4-3-10(12)7-11/h3-4,10-12,16H,1,5-8H2,2H3/t10-,11+,12+,13+,14-/m0/s1. The molecule has 16 heavy (non-hydrogen) atoms. The van der Waals surface area contributed by atoms with Crippen LogP contribution >= 0.6 is 15.9 Å². The smallest absolute Gasteiger partial charge is 0.0876 e. The Morgan fingerprint density at radius 1 is 1.56 bits per heavy atom. The molecule has 4 bridgehead atoms. The van der Waals surface area contributed by atoms with Crippen molar-refractivity contribution in [2.24, 2.45) is 17.8 Å². The Morgan fingerprint density at radius 2 is 2.31 bits per heavy atom. The fourth-order valence-corrected chi connectivity index (χ4v) is 5.31. The van der Waals surface area contributed by atoms with E-state index in [4.69, 9.17) is 0 Å². The monoisotopic (exact) mass is 282 g/mol. The summed E-state index contributed by atoms with van der Waals surface area (Å²) < 4.78 is -0.0902. The van der Waals surface area contributed by atoms with Gasteiger partial charge in [0, 0.05) is 0 Å². The summed E-state index contributed by atoms with van der Waals surface area (Å²) in [5.41, 5.74) is 0.523. The molecule has 0 aromatic heterocycles. The van der Waals surface area contributed by atoms with Gasteiger partial charge < -0.3 is 5.11 Å². The van der Waals surface area contributed by atoms with Crippen LogP contribution in [-0.2, 0) is 0 Å². The van der Waals surface area contributed by atoms with Crippen LogP contribution in [0.5, 0.6) is 0 Å². The van der Waals surface area contributed by atoms with E-state index in [9.17, 15) is 5.11 Å². The Balaban J connectivity index is 2.04. The molecule has 5 atom stereocenters. The van der Waals surface area contributed by atoms with Gasteiger partial charge in [0.25, 0.3) is 0 Å². The molecule has 0 aliphatic heterocycles. The first-order chi connectivity index (χ1) is 7.47. The van der Waals surface area contributed by atoms with E-state index in [-0.39, 0.29) is 4.32 Å². The van der Waals surface area contributed by atoms with E-state index < -0.39 is 5.60 Å². The zero-order chi connectivity index (χ0) is 11.6. The number of halogens is 1. The van der Waals surface area contributed by atoms with Crippen LogP contribution in [0.1, 0.15) is 32.6 Å². The molecule has 1 nitrogen and oxygen atoms in total. The highest BCUT2D eigenvalue weighted by Gasteiger charge is 2.66. The number of aliphatic hydroxyl groups is 1. The first-order valence-electron chi connectivity index (χ1n) is 6.21. The maximum Gasteiger partial charge on any atom is 0.0876 e. The number of fused-ring (bicyclic) bond motifs is 6. The minimum atomic E-state index is -0.573. The largest absolute Gasteiger partial charge is 0.388 e. The molecule has 0 spiro atoms. The van der Waals surface area contributed by atoms with E-state index >= 15 is 0 Å². The van der Waals surface area contributed by atoms with Crippen molar-refractivity contribution < 1.29 is 5.11 Å². The lowest BCUT2D eigenvalue weighted by molar-refractivity contribution is -0.0639. The molecular weight excluding hydrogens is 264 g/mol. The molecule has 0 radical (unpaired) electrons. The van der Waals surface area contributed by atoms with Gasteiger partial charge in [-0.1, -0.05) is 33.7 Å². The van der Waals surface area contributed by atoms with Crippen molar-refractivity contribution in [1.82, 2.24) is 0 Å². The molecule has 0 heterocycles. The van der Waals surface area contributed by atoms with Gasteiger partial charge in [0.15, 0.2) is 0 Å². The van der Waals surface area contributed by atoms with Crippen LogP contribution < -0.4 is 0 Å². The van der Waals surface area contributed by atoms with Gasteiger partial charge in [-0.25, -0.2) is 0 Å². The predicted molar refractivity (Wildman–Crippen MR) is 69.5 cm³/mol. The number of hydrogen-bond donors (Lipinski definition) is 1. The van der Waals surface area contributed by atoms with Gasteiger partial charge in [-0.2, -0.15) is 0 Å². The summed E-state index contributed by atoms with van der Waals surface area (Å²) in [5, 5.41) is 11.1. The van der Waals surface area contributed by atoms with E-state index in [0.29, 0.717) is 17.8 Å². The van der Waals surface area contributed by atoms with E-state index in [0.717, 1.165) is 24.8 Å². The van der Waals surface area contributed by atoms with E-state index in [1.54, 1.807) is 0 Å². The van der Waals surface area contributed by atoms with Crippen LogP contribution in [0.3, 0.4) is 0 Å². The normalized spacial score (nSPS) is 53.3. The van der Waals surface area contributed by atoms with Crippen molar-refractivity contribution in [3.8, 4) is 0 Å². The number of hydrogen-bond acceptors (Lipinski definition) is 1. The van der Waals surface area contributed by atoms with Gasteiger partial charge in [0.05, 0.1) is 9.93 Å². The van der Waals surface area contributed by atoms with Crippen LogP contribution in [0.15, 0.2) is 24.3 Å². The second-order valence-corrected chi connectivity index (χ2v) is 7.37. The number of alkyl halides is 1. The maximum absolute atomic E-state index is 11.1. The van der Waals surface area contributed by atoms with Crippen LogP contribution in [-0.4, -0.2) is 15.0 Å². The molecule has 2 heteroatoms. The Morgan fingerprint density at radius 3 is 3.00 bits per heavy atom. The molecule has 3 rings (SSSR count). The third kappa shape index (κ3) is 1.15. The summed E-state index contributed by atoms with van der Waals surface area (Å²) in [7, 11) is 0. The molecule has 3 aliphatic carbocycles. The average molecular weight is 283 g/mol. The maximum atomic E-state index is 11.1. The third-order valence-corrected chi connectivity index (χ3v) is 6.62. The molecule has 0 unspecified atom stereocenters. The third-order valence-electron chi connectivity index (χ3n) is 4.94. The lowest BCUT2D eigenvalue weighted by Crippen LogP contribution is -2.57. The second kappa shape index (κ2) is 3.23. The van der Waals surface area contributed by atoms with Crippen molar-refractivity contribution in [3.63, 3.8) is 0 Å². The fourth-order valence-electron chi connectivity index (χ4n) is 4.31. The molecule has 88 valence electrons. The predicted octanol–water partition coefficient (Wildman–Crippen LogP) is 3.43. The molecule has 1 N–H and O–H groups in total. The first-order valence-corrected chi connectivity index (χ1v) is 7.01. The summed E-state index contributed by atoms with van der Waals surface area (Å²) in [5.74, 6) is 1.54. The Labute approximate surface area is 106 Å². The highest BCUT2D eigenvalue weighted by atomic mass is 79.9. The van der Waals surface area contributed by atoms with Crippen molar-refractivity contribution in [2.45, 2.75) is 42.5 Å². The summed E-state index contributed by atoms with van der Waals surface area (Å²) in [6.07, 6.45) is 8.89. The van der Waals surface area contributed by atoms with Gasteiger partial charge in [-0.05, 0) is 50.4 Å². The van der Waals surface area contributed by atoms with Gasteiger partial charge in [-0.15, -0.1) is 6.58 Å². The van der Waals surface area contributed by atoms with Crippen molar-refractivity contribution in [3.05, 3.63) is 24.3 Å². The minimum Gasteiger partial charge on any atom is -0.388 e. The Hall–Kier alpha value is -0.0800. The van der Waals surface area contributed by atoms with Crippen LogP contribution in [0.4, 0.5) is 0 Å². The molecule has 0 aromatic carbocycles. The van der Waals surface area contributed by atoms with Crippen molar-refractivity contribution in [1.29, 1.82) is 0 Å². The topological polar surface area (TPSA) is 20.2 Å².